The molecule has 3 rings (SSSR count). The van der Waals surface area contributed by atoms with E-state index in [1.54, 1.807) is 0 Å². The normalized spacial score (nSPS) is 14.1. The second-order valence-corrected chi connectivity index (χ2v) is 4.58. The van der Waals surface area contributed by atoms with E-state index in [1.165, 1.54) is 11.1 Å². The van der Waals surface area contributed by atoms with E-state index in [9.17, 15) is 0 Å². The molecule has 2 heterocycles. The monoisotopic (exact) mass is 243 g/mol. The van der Waals surface area contributed by atoms with Crippen molar-refractivity contribution in [2.75, 3.05) is 13.2 Å². The van der Waals surface area contributed by atoms with Crippen LogP contribution >= 0.6 is 0 Å². The summed E-state index contributed by atoms with van der Waals surface area (Å²) in [5.74, 6) is 1.02. The van der Waals surface area contributed by atoms with E-state index in [0.717, 1.165) is 42.9 Å². The standard InChI is InChI=1S/C14H17N3O/c15-6-5-13-12(9-16-17-13)10-3-4-14-11(8-10)2-1-7-18-14/h3-4,8-9H,1-2,5-7,15H2,(H,16,17). The van der Waals surface area contributed by atoms with Gasteiger partial charge < -0.3 is 10.5 Å². The van der Waals surface area contributed by atoms with Crippen molar-refractivity contribution < 1.29 is 4.74 Å². The lowest BCUT2D eigenvalue weighted by atomic mass is 9.98. The summed E-state index contributed by atoms with van der Waals surface area (Å²) in [4.78, 5) is 0. The number of rotatable bonds is 3. The Kier molecular flexibility index (Phi) is 3.02. The second kappa shape index (κ2) is 4.82. The smallest absolute Gasteiger partial charge is 0.122 e. The van der Waals surface area contributed by atoms with Crippen molar-refractivity contribution in [2.24, 2.45) is 5.73 Å². The predicted molar refractivity (Wildman–Crippen MR) is 70.6 cm³/mol. The topological polar surface area (TPSA) is 63.9 Å². The van der Waals surface area contributed by atoms with Crippen LogP contribution in [0.4, 0.5) is 0 Å². The number of benzene rings is 1. The van der Waals surface area contributed by atoms with Crippen LogP contribution in [0.15, 0.2) is 24.4 Å². The largest absolute Gasteiger partial charge is 0.493 e. The molecule has 0 atom stereocenters. The summed E-state index contributed by atoms with van der Waals surface area (Å²) >= 11 is 0. The van der Waals surface area contributed by atoms with Gasteiger partial charge >= 0.3 is 0 Å². The van der Waals surface area contributed by atoms with Crippen molar-refractivity contribution >= 4 is 0 Å². The SMILES string of the molecule is NCCc1[nH]ncc1-c1ccc2c(c1)CCCO2. The van der Waals surface area contributed by atoms with E-state index in [-0.39, 0.29) is 0 Å². The van der Waals surface area contributed by atoms with Crippen molar-refractivity contribution in [3.63, 3.8) is 0 Å². The highest BCUT2D eigenvalue weighted by Crippen LogP contribution is 2.31. The number of nitrogens with zero attached hydrogens (tertiary/aromatic N) is 1. The molecule has 0 amide bonds. The zero-order chi connectivity index (χ0) is 12.4. The third-order valence-electron chi connectivity index (χ3n) is 3.33. The molecular weight excluding hydrogens is 226 g/mol. The van der Waals surface area contributed by atoms with E-state index < -0.39 is 0 Å². The zero-order valence-corrected chi connectivity index (χ0v) is 10.3. The van der Waals surface area contributed by atoms with Crippen molar-refractivity contribution in [1.29, 1.82) is 0 Å². The molecule has 4 nitrogen and oxygen atoms in total. The minimum absolute atomic E-state index is 0.628. The average molecular weight is 243 g/mol. The first-order valence-electron chi connectivity index (χ1n) is 6.37. The highest BCUT2D eigenvalue weighted by Gasteiger charge is 2.13. The Balaban J connectivity index is 1.98. The summed E-state index contributed by atoms with van der Waals surface area (Å²) in [5.41, 5.74) is 10.3. The van der Waals surface area contributed by atoms with E-state index in [1.807, 2.05) is 6.20 Å². The van der Waals surface area contributed by atoms with Crippen molar-refractivity contribution in [3.05, 3.63) is 35.7 Å². The molecule has 4 heteroatoms. The van der Waals surface area contributed by atoms with Gasteiger partial charge in [0.2, 0.25) is 0 Å². The third-order valence-corrected chi connectivity index (χ3v) is 3.33. The first kappa shape index (κ1) is 11.3. The van der Waals surface area contributed by atoms with Gasteiger partial charge in [-0.05, 0) is 42.6 Å². The molecule has 3 N–H and O–H groups in total. The third kappa shape index (κ3) is 1.99. The Labute approximate surface area is 106 Å². The number of hydrogen-bond acceptors (Lipinski definition) is 3. The van der Waals surface area contributed by atoms with Crippen LogP contribution in [0.2, 0.25) is 0 Å². The molecule has 0 saturated carbocycles. The second-order valence-electron chi connectivity index (χ2n) is 4.58. The first-order valence-corrected chi connectivity index (χ1v) is 6.37. The Morgan fingerprint density at radius 3 is 3.22 bits per heavy atom. The highest BCUT2D eigenvalue weighted by molar-refractivity contribution is 5.67. The fraction of sp³-hybridized carbons (Fsp3) is 0.357. The van der Waals surface area contributed by atoms with E-state index in [4.69, 9.17) is 10.5 Å². The number of fused-ring (bicyclic) bond motifs is 1. The quantitative estimate of drug-likeness (QED) is 0.865. The number of aryl methyl sites for hydroxylation is 1. The van der Waals surface area contributed by atoms with Gasteiger partial charge in [0.25, 0.3) is 0 Å². The molecule has 0 bridgehead atoms. The van der Waals surface area contributed by atoms with Gasteiger partial charge in [-0.25, -0.2) is 0 Å². The summed E-state index contributed by atoms with van der Waals surface area (Å²) in [6, 6.07) is 6.36. The van der Waals surface area contributed by atoms with E-state index in [0.29, 0.717) is 6.54 Å². The van der Waals surface area contributed by atoms with Crippen LogP contribution in [0.5, 0.6) is 5.75 Å². The fourth-order valence-corrected chi connectivity index (χ4v) is 2.42. The number of ether oxygens (including phenoxy) is 1. The molecule has 1 aliphatic heterocycles. The van der Waals surface area contributed by atoms with Gasteiger partial charge in [0.1, 0.15) is 5.75 Å². The number of nitrogens with two attached hydrogens (primary N) is 1. The van der Waals surface area contributed by atoms with Crippen LogP contribution in [0.1, 0.15) is 17.7 Å². The predicted octanol–water partition coefficient (Wildman–Crippen LogP) is 1.90. The van der Waals surface area contributed by atoms with Crippen LogP contribution < -0.4 is 10.5 Å². The lowest BCUT2D eigenvalue weighted by Crippen LogP contribution is -2.08. The number of hydrogen-bond donors (Lipinski definition) is 2. The van der Waals surface area contributed by atoms with Crippen LogP contribution in [0.3, 0.4) is 0 Å². The van der Waals surface area contributed by atoms with Crippen molar-refractivity contribution in [2.45, 2.75) is 19.3 Å². The lowest BCUT2D eigenvalue weighted by Gasteiger charge is -2.17. The maximum absolute atomic E-state index is 5.63. The van der Waals surface area contributed by atoms with Gasteiger partial charge in [0.15, 0.2) is 0 Å². The maximum atomic E-state index is 5.63. The molecule has 0 fully saturated rings. The minimum atomic E-state index is 0.628. The van der Waals surface area contributed by atoms with Crippen LogP contribution in [0.25, 0.3) is 11.1 Å². The van der Waals surface area contributed by atoms with Gasteiger partial charge in [-0.15, -0.1) is 0 Å². The number of aromatic amines is 1. The fourth-order valence-electron chi connectivity index (χ4n) is 2.42. The maximum Gasteiger partial charge on any atom is 0.122 e. The summed E-state index contributed by atoms with van der Waals surface area (Å²) < 4.78 is 5.63. The van der Waals surface area contributed by atoms with Crippen molar-refractivity contribution in [3.8, 4) is 16.9 Å². The van der Waals surface area contributed by atoms with Gasteiger partial charge in [0.05, 0.1) is 12.8 Å². The van der Waals surface area contributed by atoms with Gasteiger partial charge in [0, 0.05) is 17.7 Å². The summed E-state index contributed by atoms with van der Waals surface area (Å²) in [6.45, 7) is 1.46. The highest BCUT2D eigenvalue weighted by atomic mass is 16.5. The molecule has 2 aromatic rings. The van der Waals surface area contributed by atoms with Crippen LogP contribution in [0, 0.1) is 0 Å². The van der Waals surface area contributed by atoms with Gasteiger partial charge in [-0.3, -0.25) is 5.10 Å². The Morgan fingerprint density at radius 2 is 2.33 bits per heavy atom. The Bertz CT molecular complexity index is 548. The molecule has 0 aliphatic carbocycles. The summed E-state index contributed by atoms with van der Waals surface area (Å²) in [6.07, 6.45) is 4.88. The number of H-pyrrole nitrogens is 1. The Hall–Kier alpha value is -1.81. The molecular formula is C14H17N3O. The van der Waals surface area contributed by atoms with Crippen molar-refractivity contribution in [1.82, 2.24) is 10.2 Å². The summed E-state index contributed by atoms with van der Waals surface area (Å²) in [7, 11) is 0. The molecule has 1 aromatic carbocycles. The Morgan fingerprint density at radius 1 is 1.39 bits per heavy atom. The van der Waals surface area contributed by atoms with E-state index >= 15 is 0 Å². The molecule has 1 aliphatic rings. The number of aromatic nitrogens is 2. The van der Waals surface area contributed by atoms with E-state index in [2.05, 4.69) is 28.4 Å². The molecule has 0 spiro atoms. The molecule has 0 saturated heterocycles. The lowest BCUT2D eigenvalue weighted by molar-refractivity contribution is 0.288. The minimum Gasteiger partial charge on any atom is -0.493 e. The number of nitrogens with one attached hydrogen (secondary N) is 1. The van der Waals surface area contributed by atoms with Gasteiger partial charge in [-0.1, -0.05) is 6.07 Å². The molecule has 94 valence electrons. The van der Waals surface area contributed by atoms with Crippen LogP contribution in [-0.4, -0.2) is 23.3 Å². The van der Waals surface area contributed by atoms with Gasteiger partial charge in [-0.2, -0.15) is 5.10 Å². The molecule has 0 unspecified atom stereocenters. The first-order chi connectivity index (χ1) is 8.88. The van der Waals surface area contributed by atoms with Crippen LogP contribution in [-0.2, 0) is 12.8 Å². The molecule has 0 radical (unpaired) electrons. The zero-order valence-electron chi connectivity index (χ0n) is 10.3. The molecule has 1 aromatic heterocycles. The summed E-state index contributed by atoms with van der Waals surface area (Å²) in [5, 5.41) is 7.14. The molecule has 18 heavy (non-hydrogen) atoms. The average Bonchev–Trinajstić information content (AvgIpc) is 2.87.